The molecule has 4 aromatic rings. The van der Waals surface area contributed by atoms with Gasteiger partial charge in [0.05, 0.1) is 5.57 Å². The summed E-state index contributed by atoms with van der Waals surface area (Å²) in [7, 11) is 0. The van der Waals surface area contributed by atoms with Gasteiger partial charge < -0.3 is 15.4 Å². The molecule has 5 rings (SSSR count). The molecule has 1 atom stereocenters. The van der Waals surface area contributed by atoms with Gasteiger partial charge >= 0.3 is 0 Å². The summed E-state index contributed by atoms with van der Waals surface area (Å²) < 4.78 is 7.72. The number of fused-ring (bicyclic) bond motifs is 1. The van der Waals surface area contributed by atoms with Crippen molar-refractivity contribution in [3.8, 4) is 5.75 Å². The Bertz CT molecular complexity index is 1390. The lowest BCUT2D eigenvalue weighted by Gasteiger charge is -2.29. The standard InChI is InChI=1S/C28H27N5O2/c1-18-8-10-21(11-9-18)16-35-23-14-12-22(13-15-23)26-25(20(3)31-28-29-17-30-33(26)28)27(34)32-24-7-5-4-6-19(24)2/h4-15,17,26H,16H2,1-3H3,(H,32,34)(H,29,30,31)/t26-/m0/s1. The molecule has 0 unspecified atom stereocenters. The predicted molar refractivity (Wildman–Crippen MR) is 136 cm³/mol. The summed E-state index contributed by atoms with van der Waals surface area (Å²) in [4.78, 5) is 17.8. The third-order valence-corrected chi connectivity index (χ3v) is 6.15. The zero-order valence-electron chi connectivity index (χ0n) is 19.9. The van der Waals surface area contributed by atoms with Gasteiger partial charge in [0.15, 0.2) is 0 Å². The second-order valence-corrected chi connectivity index (χ2v) is 8.71. The Morgan fingerprint density at radius 2 is 1.74 bits per heavy atom. The molecule has 0 bridgehead atoms. The first kappa shape index (κ1) is 22.4. The van der Waals surface area contributed by atoms with Gasteiger partial charge in [-0.15, -0.1) is 0 Å². The molecule has 1 aliphatic rings. The largest absolute Gasteiger partial charge is 0.489 e. The van der Waals surface area contributed by atoms with Crippen molar-refractivity contribution in [2.75, 3.05) is 10.6 Å². The lowest BCUT2D eigenvalue weighted by molar-refractivity contribution is -0.113. The normalized spacial score (nSPS) is 14.8. The molecule has 1 aliphatic heterocycles. The zero-order valence-corrected chi connectivity index (χ0v) is 19.9. The van der Waals surface area contributed by atoms with E-state index >= 15 is 0 Å². The number of nitrogens with zero attached hydrogens (tertiary/aromatic N) is 3. The molecule has 176 valence electrons. The van der Waals surface area contributed by atoms with Gasteiger partial charge in [-0.2, -0.15) is 10.1 Å². The van der Waals surface area contributed by atoms with Crippen LogP contribution in [0.5, 0.6) is 5.75 Å². The van der Waals surface area contributed by atoms with Crippen LogP contribution < -0.4 is 15.4 Å². The van der Waals surface area contributed by atoms with Crippen molar-refractivity contribution in [2.24, 2.45) is 0 Å². The maximum atomic E-state index is 13.5. The van der Waals surface area contributed by atoms with Gasteiger partial charge in [-0.3, -0.25) is 4.79 Å². The Balaban J connectivity index is 1.41. The summed E-state index contributed by atoms with van der Waals surface area (Å²) >= 11 is 0. The summed E-state index contributed by atoms with van der Waals surface area (Å²) in [5.41, 5.74) is 6.34. The van der Waals surface area contributed by atoms with Gasteiger partial charge in [0.1, 0.15) is 24.7 Å². The Morgan fingerprint density at radius 3 is 2.49 bits per heavy atom. The van der Waals surface area contributed by atoms with Crippen molar-refractivity contribution in [3.63, 3.8) is 0 Å². The van der Waals surface area contributed by atoms with Crippen LogP contribution in [0.15, 0.2) is 90.4 Å². The fourth-order valence-electron chi connectivity index (χ4n) is 4.19. The molecule has 35 heavy (non-hydrogen) atoms. The van der Waals surface area contributed by atoms with Crippen molar-refractivity contribution < 1.29 is 9.53 Å². The molecule has 3 aromatic carbocycles. The minimum absolute atomic E-state index is 0.185. The van der Waals surface area contributed by atoms with Crippen LogP contribution in [0.3, 0.4) is 0 Å². The molecule has 0 radical (unpaired) electrons. The SMILES string of the molecule is CC1=C(C(=O)Nc2ccccc2C)[C@H](c2ccc(OCc3ccc(C)cc3)cc2)n2ncnc2N1. The van der Waals surface area contributed by atoms with E-state index in [0.29, 0.717) is 18.1 Å². The number of ether oxygens (including phenoxy) is 1. The Kier molecular flexibility index (Phi) is 6.06. The number of anilines is 2. The molecule has 0 aliphatic carbocycles. The molecular weight excluding hydrogens is 438 g/mol. The summed E-state index contributed by atoms with van der Waals surface area (Å²) in [6.07, 6.45) is 1.49. The van der Waals surface area contributed by atoms with Crippen molar-refractivity contribution >= 4 is 17.5 Å². The predicted octanol–water partition coefficient (Wildman–Crippen LogP) is 5.40. The molecule has 0 saturated carbocycles. The van der Waals surface area contributed by atoms with Crippen LogP contribution in [0, 0.1) is 13.8 Å². The molecule has 1 aromatic heterocycles. The highest BCUT2D eigenvalue weighted by Gasteiger charge is 2.33. The van der Waals surface area contributed by atoms with Crippen LogP contribution >= 0.6 is 0 Å². The summed E-state index contributed by atoms with van der Waals surface area (Å²) in [6.45, 7) is 6.41. The van der Waals surface area contributed by atoms with Crippen molar-refractivity contribution in [2.45, 2.75) is 33.4 Å². The molecule has 0 fully saturated rings. The fraction of sp³-hybridized carbons (Fsp3) is 0.179. The van der Waals surface area contributed by atoms with E-state index in [2.05, 4.69) is 51.9 Å². The first-order valence-corrected chi connectivity index (χ1v) is 11.5. The number of aromatic nitrogens is 3. The number of hydrogen-bond donors (Lipinski definition) is 2. The van der Waals surface area contributed by atoms with Crippen LogP contribution in [-0.2, 0) is 11.4 Å². The van der Waals surface area contributed by atoms with E-state index < -0.39 is 6.04 Å². The Hall–Kier alpha value is -4.39. The van der Waals surface area contributed by atoms with Gasteiger partial charge in [-0.25, -0.2) is 4.68 Å². The third-order valence-electron chi connectivity index (χ3n) is 6.15. The van der Waals surface area contributed by atoms with Gasteiger partial charge in [0, 0.05) is 11.4 Å². The van der Waals surface area contributed by atoms with Crippen molar-refractivity contribution in [1.82, 2.24) is 14.8 Å². The highest BCUT2D eigenvalue weighted by atomic mass is 16.5. The topological polar surface area (TPSA) is 81.1 Å². The fourth-order valence-corrected chi connectivity index (χ4v) is 4.19. The lowest BCUT2D eigenvalue weighted by Crippen LogP contribution is -2.31. The quantitative estimate of drug-likeness (QED) is 0.398. The highest BCUT2D eigenvalue weighted by molar-refractivity contribution is 6.06. The number of nitrogens with one attached hydrogen (secondary N) is 2. The summed E-state index contributed by atoms with van der Waals surface area (Å²) in [5.74, 6) is 1.17. The van der Waals surface area contributed by atoms with Crippen LogP contribution in [0.4, 0.5) is 11.6 Å². The minimum Gasteiger partial charge on any atom is -0.489 e. The van der Waals surface area contributed by atoms with E-state index in [0.717, 1.165) is 33.8 Å². The van der Waals surface area contributed by atoms with Crippen LogP contribution in [0.1, 0.15) is 35.2 Å². The highest BCUT2D eigenvalue weighted by Crippen LogP contribution is 2.36. The average Bonchev–Trinajstić information content (AvgIpc) is 3.32. The van der Waals surface area contributed by atoms with E-state index in [1.54, 1.807) is 4.68 Å². The second-order valence-electron chi connectivity index (χ2n) is 8.71. The summed E-state index contributed by atoms with van der Waals surface area (Å²) in [6, 6.07) is 23.4. The third kappa shape index (κ3) is 4.66. The molecule has 0 spiro atoms. The molecule has 7 heteroatoms. The van der Waals surface area contributed by atoms with Gasteiger partial charge in [0.2, 0.25) is 5.95 Å². The molecule has 1 amide bonds. The molecule has 0 saturated heterocycles. The van der Waals surface area contributed by atoms with E-state index in [4.69, 9.17) is 4.74 Å². The Labute approximate surface area is 204 Å². The van der Waals surface area contributed by atoms with Gasteiger partial charge in [-0.1, -0.05) is 60.2 Å². The molecule has 7 nitrogen and oxygen atoms in total. The number of hydrogen-bond acceptors (Lipinski definition) is 5. The van der Waals surface area contributed by atoms with E-state index in [-0.39, 0.29) is 5.91 Å². The van der Waals surface area contributed by atoms with E-state index in [1.807, 2.05) is 62.4 Å². The number of carbonyl (C=O) groups excluding carboxylic acids is 1. The number of benzene rings is 3. The summed E-state index contributed by atoms with van der Waals surface area (Å²) in [5, 5.41) is 10.7. The minimum atomic E-state index is -0.427. The van der Waals surface area contributed by atoms with E-state index in [9.17, 15) is 4.79 Å². The van der Waals surface area contributed by atoms with Crippen LogP contribution in [-0.4, -0.2) is 20.7 Å². The average molecular weight is 466 g/mol. The van der Waals surface area contributed by atoms with E-state index in [1.165, 1.54) is 11.9 Å². The second kappa shape index (κ2) is 9.46. The zero-order chi connectivity index (χ0) is 24.4. The van der Waals surface area contributed by atoms with Crippen LogP contribution in [0.25, 0.3) is 0 Å². The van der Waals surface area contributed by atoms with Gasteiger partial charge in [0.25, 0.3) is 5.91 Å². The first-order valence-electron chi connectivity index (χ1n) is 11.5. The smallest absolute Gasteiger partial charge is 0.255 e. The number of amides is 1. The molecule has 2 N–H and O–H groups in total. The molecular formula is C28H27N5O2. The number of rotatable bonds is 6. The number of aryl methyl sites for hydroxylation is 2. The Morgan fingerprint density at radius 1 is 1.00 bits per heavy atom. The number of carbonyl (C=O) groups is 1. The first-order chi connectivity index (χ1) is 17.0. The lowest BCUT2D eigenvalue weighted by atomic mass is 9.95. The number of allylic oxidation sites excluding steroid dienone is 1. The van der Waals surface area contributed by atoms with Crippen molar-refractivity contribution in [1.29, 1.82) is 0 Å². The maximum Gasteiger partial charge on any atom is 0.255 e. The monoisotopic (exact) mass is 465 g/mol. The van der Waals surface area contributed by atoms with Gasteiger partial charge in [-0.05, 0) is 55.7 Å². The van der Waals surface area contributed by atoms with Crippen molar-refractivity contribution in [3.05, 3.63) is 113 Å². The molecule has 2 heterocycles. The van der Waals surface area contributed by atoms with Crippen LogP contribution in [0.2, 0.25) is 0 Å². The maximum absolute atomic E-state index is 13.5. The number of para-hydroxylation sites is 1.